The molecule has 2 aromatic heterocycles. The number of nitrogens with zero attached hydrogens (tertiary/aromatic N) is 4. The topological polar surface area (TPSA) is 102 Å². The number of hydrogen-bond acceptors (Lipinski definition) is 6. The molecule has 27 heavy (non-hydrogen) atoms. The predicted octanol–water partition coefficient (Wildman–Crippen LogP) is 2.49. The minimum atomic E-state index is -0.769. The van der Waals surface area contributed by atoms with E-state index in [0.29, 0.717) is 16.7 Å². The zero-order valence-electron chi connectivity index (χ0n) is 14.2. The fraction of sp³-hybridized carbons (Fsp3) is 0.167. The van der Waals surface area contributed by atoms with Crippen molar-refractivity contribution in [1.82, 2.24) is 19.7 Å². The van der Waals surface area contributed by atoms with Gasteiger partial charge in [-0.2, -0.15) is 4.98 Å². The van der Waals surface area contributed by atoms with E-state index in [2.05, 4.69) is 25.7 Å². The van der Waals surface area contributed by atoms with E-state index in [9.17, 15) is 9.59 Å². The smallest absolute Gasteiger partial charge is 0.251 e. The summed E-state index contributed by atoms with van der Waals surface area (Å²) in [5, 5.41) is 10.3. The molecule has 1 aromatic carbocycles. The highest BCUT2D eigenvalue weighted by Crippen LogP contribution is 2.28. The van der Waals surface area contributed by atoms with Gasteiger partial charge in [0, 0.05) is 11.9 Å². The van der Waals surface area contributed by atoms with Crippen molar-refractivity contribution >= 4 is 35.3 Å². The lowest BCUT2D eigenvalue weighted by Gasteiger charge is -2.22. The maximum Gasteiger partial charge on any atom is 0.251 e. The molecule has 3 aromatic rings. The Kier molecular flexibility index (Phi) is 4.84. The van der Waals surface area contributed by atoms with E-state index in [1.807, 2.05) is 30.3 Å². The van der Waals surface area contributed by atoms with Crippen molar-refractivity contribution in [3.8, 4) is 0 Å². The molecule has 0 saturated carbocycles. The molecule has 0 bridgehead atoms. The molecular formula is C18H16N6O2S. The molecule has 0 aliphatic carbocycles. The van der Waals surface area contributed by atoms with Crippen LogP contribution < -0.4 is 10.6 Å². The second kappa shape index (κ2) is 7.58. The van der Waals surface area contributed by atoms with Gasteiger partial charge < -0.3 is 5.32 Å². The summed E-state index contributed by atoms with van der Waals surface area (Å²) < 4.78 is 1.47. The highest BCUT2D eigenvalue weighted by molar-refractivity contribution is 7.98. The minimum Gasteiger partial charge on any atom is -0.309 e. The van der Waals surface area contributed by atoms with Gasteiger partial charge in [-0.25, -0.2) is 9.67 Å². The van der Waals surface area contributed by atoms with E-state index in [1.54, 1.807) is 24.4 Å². The summed E-state index contributed by atoms with van der Waals surface area (Å²) >= 11 is 1.45. The molecule has 9 heteroatoms. The van der Waals surface area contributed by atoms with Crippen molar-refractivity contribution in [2.75, 3.05) is 10.6 Å². The fourth-order valence-electron chi connectivity index (χ4n) is 2.68. The zero-order valence-corrected chi connectivity index (χ0v) is 15.0. The monoisotopic (exact) mass is 380 g/mol. The Bertz CT molecular complexity index is 960. The number of fused-ring (bicyclic) bond motifs is 1. The van der Waals surface area contributed by atoms with Crippen LogP contribution in [0.15, 0.2) is 59.9 Å². The molecule has 1 atom stereocenters. The molecule has 0 spiro atoms. The Morgan fingerprint density at radius 1 is 1.22 bits per heavy atom. The molecule has 0 unspecified atom stereocenters. The third-order valence-electron chi connectivity index (χ3n) is 3.97. The van der Waals surface area contributed by atoms with Crippen LogP contribution in [0.5, 0.6) is 0 Å². The molecular weight excluding hydrogens is 364 g/mol. The first-order valence-corrected chi connectivity index (χ1v) is 9.32. The van der Waals surface area contributed by atoms with Gasteiger partial charge in [0.25, 0.3) is 5.91 Å². The summed E-state index contributed by atoms with van der Waals surface area (Å²) in [6, 6.07) is 14.4. The van der Waals surface area contributed by atoms with Crippen LogP contribution >= 0.6 is 11.8 Å². The number of hydrogen-bond donors (Lipinski definition) is 2. The van der Waals surface area contributed by atoms with Crippen molar-refractivity contribution in [1.29, 1.82) is 0 Å². The number of aromatic nitrogens is 4. The molecule has 3 heterocycles. The highest BCUT2D eigenvalue weighted by atomic mass is 32.2. The molecule has 0 radical (unpaired) electrons. The van der Waals surface area contributed by atoms with Gasteiger partial charge in [0.2, 0.25) is 17.0 Å². The number of rotatable bonds is 5. The van der Waals surface area contributed by atoms with Crippen molar-refractivity contribution in [3.05, 3.63) is 60.3 Å². The first kappa shape index (κ1) is 17.2. The number of carbonyl (C=O) groups excluding carboxylic acids is 2. The molecule has 0 saturated heterocycles. The normalized spacial score (nSPS) is 15.7. The van der Waals surface area contributed by atoms with Crippen LogP contribution in [0.2, 0.25) is 0 Å². The number of amides is 2. The third-order valence-corrected chi connectivity index (χ3v) is 4.88. The zero-order chi connectivity index (χ0) is 18.6. The van der Waals surface area contributed by atoms with Gasteiger partial charge >= 0.3 is 0 Å². The van der Waals surface area contributed by atoms with Crippen molar-refractivity contribution < 1.29 is 9.59 Å². The molecule has 136 valence electrons. The molecule has 2 amide bonds. The van der Waals surface area contributed by atoms with E-state index in [-0.39, 0.29) is 24.2 Å². The standard InChI is InChI=1S/C18H16N6O2S/c25-15-10-13(16(26)20-14-8-4-5-9-19-14)24-17(21-15)22-18(23-24)27-11-12-6-2-1-3-7-12/h1-9,13H,10-11H2,(H,19,20,26)(H,21,22,23,25)/t13-/m0/s1. The van der Waals surface area contributed by atoms with E-state index >= 15 is 0 Å². The van der Waals surface area contributed by atoms with Crippen molar-refractivity contribution in [3.63, 3.8) is 0 Å². The first-order valence-electron chi connectivity index (χ1n) is 8.34. The van der Waals surface area contributed by atoms with Crippen LogP contribution in [0, 0.1) is 0 Å². The average Bonchev–Trinajstić information content (AvgIpc) is 3.10. The highest BCUT2D eigenvalue weighted by Gasteiger charge is 2.33. The van der Waals surface area contributed by atoms with Gasteiger partial charge in [-0.3, -0.25) is 14.9 Å². The number of nitrogens with one attached hydrogen (secondary N) is 2. The summed E-state index contributed by atoms with van der Waals surface area (Å²) in [6.45, 7) is 0. The first-order chi connectivity index (χ1) is 13.2. The van der Waals surface area contributed by atoms with Crippen LogP contribution in [0.4, 0.5) is 11.8 Å². The molecule has 2 N–H and O–H groups in total. The molecule has 8 nitrogen and oxygen atoms in total. The average molecular weight is 380 g/mol. The Labute approximate surface area is 159 Å². The molecule has 1 aliphatic rings. The van der Waals surface area contributed by atoms with E-state index in [0.717, 1.165) is 5.56 Å². The summed E-state index contributed by atoms with van der Waals surface area (Å²) in [6.07, 6.45) is 1.58. The summed E-state index contributed by atoms with van der Waals surface area (Å²) in [5.74, 6) is 0.782. The Hall–Kier alpha value is -3.20. The lowest BCUT2D eigenvalue weighted by molar-refractivity contribution is -0.125. The van der Waals surface area contributed by atoms with Gasteiger partial charge in [-0.1, -0.05) is 48.2 Å². The molecule has 4 rings (SSSR count). The third kappa shape index (κ3) is 3.98. The summed E-state index contributed by atoms with van der Waals surface area (Å²) in [5.41, 5.74) is 1.14. The maximum absolute atomic E-state index is 12.6. The molecule has 0 fully saturated rings. The Morgan fingerprint density at radius 3 is 2.81 bits per heavy atom. The number of carbonyl (C=O) groups is 2. The summed E-state index contributed by atoms with van der Waals surface area (Å²) in [7, 11) is 0. The van der Waals surface area contributed by atoms with Gasteiger partial charge in [0.15, 0.2) is 0 Å². The second-order valence-electron chi connectivity index (χ2n) is 5.91. The number of pyridine rings is 1. The van der Waals surface area contributed by atoms with Gasteiger partial charge in [0.05, 0.1) is 6.42 Å². The van der Waals surface area contributed by atoms with Crippen LogP contribution in [-0.4, -0.2) is 31.6 Å². The fourth-order valence-corrected chi connectivity index (χ4v) is 3.46. The van der Waals surface area contributed by atoms with Crippen molar-refractivity contribution in [2.24, 2.45) is 0 Å². The largest absolute Gasteiger partial charge is 0.309 e. The Balaban J connectivity index is 1.51. The van der Waals surface area contributed by atoms with Crippen LogP contribution in [0.25, 0.3) is 0 Å². The lowest BCUT2D eigenvalue weighted by Crippen LogP contribution is -2.36. The van der Waals surface area contributed by atoms with Gasteiger partial charge in [-0.15, -0.1) is 5.10 Å². The number of anilines is 2. The quantitative estimate of drug-likeness (QED) is 0.660. The summed E-state index contributed by atoms with van der Waals surface area (Å²) in [4.78, 5) is 33.0. The van der Waals surface area contributed by atoms with Gasteiger partial charge in [-0.05, 0) is 17.7 Å². The SMILES string of the molecule is O=C1C[C@@H](C(=O)Nc2ccccn2)n2nc(SCc3ccccc3)nc2N1. The Morgan fingerprint density at radius 2 is 2.04 bits per heavy atom. The van der Waals surface area contributed by atoms with Crippen LogP contribution in [0.1, 0.15) is 18.0 Å². The predicted molar refractivity (Wildman–Crippen MR) is 101 cm³/mol. The van der Waals surface area contributed by atoms with E-state index in [4.69, 9.17) is 0 Å². The van der Waals surface area contributed by atoms with Crippen molar-refractivity contribution in [2.45, 2.75) is 23.4 Å². The van der Waals surface area contributed by atoms with Gasteiger partial charge in [0.1, 0.15) is 11.9 Å². The number of thioether (sulfide) groups is 1. The number of benzene rings is 1. The molecule has 1 aliphatic heterocycles. The minimum absolute atomic E-state index is 0.00216. The second-order valence-corrected chi connectivity index (χ2v) is 6.85. The van der Waals surface area contributed by atoms with E-state index < -0.39 is 6.04 Å². The van der Waals surface area contributed by atoms with Crippen LogP contribution in [-0.2, 0) is 15.3 Å². The van der Waals surface area contributed by atoms with Crippen LogP contribution in [0.3, 0.4) is 0 Å². The van der Waals surface area contributed by atoms with E-state index in [1.165, 1.54) is 16.4 Å². The maximum atomic E-state index is 12.6. The lowest BCUT2D eigenvalue weighted by atomic mass is 10.1.